The SMILES string of the molecule is Cc1nc(-c2ccc(OCCCN3CCN(C(=O)C(C)N)CC3)cc2)no1. The van der Waals surface area contributed by atoms with E-state index in [9.17, 15) is 4.79 Å². The average molecular weight is 373 g/mol. The summed E-state index contributed by atoms with van der Waals surface area (Å²) in [7, 11) is 0. The number of hydrogen-bond donors (Lipinski definition) is 1. The van der Waals surface area contributed by atoms with Gasteiger partial charge >= 0.3 is 0 Å². The Labute approximate surface area is 159 Å². The zero-order valence-corrected chi connectivity index (χ0v) is 15.9. The molecule has 2 heterocycles. The van der Waals surface area contributed by atoms with E-state index >= 15 is 0 Å². The number of benzene rings is 1. The van der Waals surface area contributed by atoms with Crippen LogP contribution in [0.25, 0.3) is 11.4 Å². The molecule has 0 radical (unpaired) electrons. The molecule has 1 atom stereocenters. The van der Waals surface area contributed by atoms with Crippen LogP contribution >= 0.6 is 0 Å². The second kappa shape index (κ2) is 8.96. The molecule has 0 saturated carbocycles. The highest BCUT2D eigenvalue weighted by atomic mass is 16.5. The molecule has 1 aromatic carbocycles. The summed E-state index contributed by atoms with van der Waals surface area (Å²) in [5, 5.41) is 3.90. The molecular formula is C19H27N5O3. The average Bonchev–Trinajstić information content (AvgIpc) is 3.12. The highest BCUT2D eigenvalue weighted by Gasteiger charge is 2.22. The Balaban J connectivity index is 1.35. The fourth-order valence-corrected chi connectivity index (χ4v) is 3.07. The van der Waals surface area contributed by atoms with Crippen molar-refractivity contribution in [3.8, 4) is 17.1 Å². The maximum Gasteiger partial charge on any atom is 0.239 e. The normalized spacial score (nSPS) is 16.3. The van der Waals surface area contributed by atoms with Crippen LogP contribution in [0.2, 0.25) is 0 Å². The number of carbonyl (C=O) groups excluding carboxylic acids is 1. The lowest BCUT2D eigenvalue weighted by Crippen LogP contribution is -2.52. The third-order valence-electron chi connectivity index (χ3n) is 4.60. The van der Waals surface area contributed by atoms with Crippen LogP contribution < -0.4 is 10.5 Å². The highest BCUT2D eigenvalue weighted by Crippen LogP contribution is 2.20. The van der Waals surface area contributed by atoms with Crippen LogP contribution in [0.15, 0.2) is 28.8 Å². The van der Waals surface area contributed by atoms with Gasteiger partial charge in [-0.15, -0.1) is 0 Å². The molecule has 1 aliphatic rings. The van der Waals surface area contributed by atoms with Gasteiger partial charge in [-0.3, -0.25) is 9.69 Å². The van der Waals surface area contributed by atoms with Gasteiger partial charge in [0, 0.05) is 45.2 Å². The first-order chi connectivity index (χ1) is 13.0. The minimum absolute atomic E-state index is 0.0393. The Morgan fingerprint density at radius 3 is 2.56 bits per heavy atom. The molecule has 1 amide bonds. The first-order valence-electron chi connectivity index (χ1n) is 9.33. The summed E-state index contributed by atoms with van der Waals surface area (Å²) in [5.74, 6) is 2.00. The number of aromatic nitrogens is 2. The van der Waals surface area contributed by atoms with Crippen LogP contribution in [0, 0.1) is 6.92 Å². The van der Waals surface area contributed by atoms with Crippen molar-refractivity contribution in [3.05, 3.63) is 30.2 Å². The molecule has 3 rings (SSSR count). The fourth-order valence-electron chi connectivity index (χ4n) is 3.07. The van der Waals surface area contributed by atoms with Gasteiger partial charge in [-0.2, -0.15) is 4.98 Å². The van der Waals surface area contributed by atoms with E-state index in [2.05, 4.69) is 15.0 Å². The van der Waals surface area contributed by atoms with Gasteiger partial charge in [-0.1, -0.05) is 5.16 Å². The second-order valence-corrected chi connectivity index (χ2v) is 6.82. The Morgan fingerprint density at radius 1 is 1.26 bits per heavy atom. The Hall–Kier alpha value is -2.45. The lowest BCUT2D eigenvalue weighted by atomic mass is 10.2. The van der Waals surface area contributed by atoms with Gasteiger partial charge in [-0.05, 0) is 37.6 Å². The summed E-state index contributed by atoms with van der Waals surface area (Å²) in [6.07, 6.45) is 0.938. The summed E-state index contributed by atoms with van der Waals surface area (Å²) >= 11 is 0. The van der Waals surface area contributed by atoms with E-state index in [1.165, 1.54) is 0 Å². The molecule has 0 spiro atoms. The molecule has 27 heavy (non-hydrogen) atoms. The van der Waals surface area contributed by atoms with Gasteiger partial charge in [0.05, 0.1) is 12.6 Å². The highest BCUT2D eigenvalue weighted by molar-refractivity contribution is 5.81. The molecule has 146 valence electrons. The predicted octanol–water partition coefficient (Wildman–Crippen LogP) is 1.31. The summed E-state index contributed by atoms with van der Waals surface area (Å²) < 4.78 is 10.8. The molecule has 0 aliphatic carbocycles. The van der Waals surface area contributed by atoms with Crippen LogP contribution in [0.4, 0.5) is 0 Å². The molecule has 1 unspecified atom stereocenters. The van der Waals surface area contributed by atoms with E-state index < -0.39 is 6.04 Å². The van der Waals surface area contributed by atoms with E-state index in [4.69, 9.17) is 15.0 Å². The van der Waals surface area contributed by atoms with Crippen molar-refractivity contribution in [1.82, 2.24) is 19.9 Å². The zero-order valence-electron chi connectivity index (χ0n) is 15.9. The van der Waals surface area contributed by atoms with Crippen LogP contribution in [0.1, 0.15) is 19.2 Å². The van der Waals surface area contributed by atoms with Crippen molar-refractivity contribution >= 4 is 5.91 Å². The molecule has 1 fully saturated rings. The number of carbonyl (C=O) groups is 1. The summed E-state index contributed by atoms with van der Waals surface area (Å²) in [6.45, 7) is 8.39. The predicted molar refractivity (Wildman–Crippen MR) is 101 cm³/mol. The Kier molecular flexibility index (Phi) is 6.41. The van der Waals surface area contributed by atoms with Gasteiger partial charge in [0.2, 0.25) is 17.6 Å². The molecule has 0 bridgehead atoms. The largest absolute Gasteiger partial charge is 0.494 e. The lowest BCUT2D eigenvalue weighted by Gasteiger charge is -2.35. The standard InChI is InChI=1S/C19H27N5O3/c1-14(20)19(25)24-11-9-23(10-12-24)8-3-13-26-17-6-4-16(5-7-17)18-21-15(2)27-22-18/h4-7,14H,3,8-13,20H2,1-2H3. The van der Waals surface area contributed by atoms with E-state index in [-0.39, 0.29) is 5.91 Å². The number of rotatable bonds is 7. The van der Waals surface area contributed by atoms with Crippen LogP contribution in [-0.2, 0) is 4.79 Å². The van der Waals surface area contributed by atoms with Crippen LogP contribution in [0.5, 0.6) is 5.75 Å². The van der Waals surface area contributed by atoms with Crippen molar-refractivity contribution < 1.29 is 14.1 Å². The number of ether oxygens (including phenoxy) is 1. The third-order valence-corrected chi connectivity index (χ3v) is 4.60. The molecule has 1 aromatic heterocycles. The van der Waals surface area contributed by atoms with Gasteiger partial charge in [0.25, 0.3) is 0 Å². The number of piperazine rings is 1. The molecule has 8 nitrogen and oxygen atoms in total. The third kappa shape index (κ3) is 5.27. The first kappa shape index (κ1) is 19.3. The summed E-state index contributed by atoms with van der Waals surface area (Å²) in [4.78, 5) is 20.3. The zero-order chi connectivity index (χ0) is 19.2. The van der Waals surface area contributed by atoms with Gasteiger partial charge in [0.15, 0.2) is 0 Å². The number of amides is 1. The number of nitrogens with zero attached hydrogens (tertiary/aromatic N) is 4. The van der Waals surface area contributed by atoms with E-state index in [1.54, 1.807) is 13.8 Å². The smallest absolute Gasteiger partial charge is 0.239 e. The minimum atomic E-state index is -0.416. The monoisotopic (exact) mass is 373 g/mol. The second-order valence-electron chi connectivity index (χ2n) is 6.82. The summed E-state index contributed by atoms with van der Waals surface area (Å²) in [6, 6.07) is 7.27. The van der Waals surface area contributed by atoms with Gasteiger partial charge < -0.3 is 19.9 Å². The molecule has 8 heteroatoms. The maximum absolute atomic E-state index is 11.9. The van der Waals surface area contributed by atoms with Gasteiger partial charge in [-0.25, -0.2) is 0 Å². The molecule has 2 aromatic rings. The van der Waals surface area contributed by atoms with Crippen molar-refractivity contribution in [2.45, 2.75) is 26.3 Å². The lowest BCUT2D eigenvalue weighted by molar-refractivity contribution is -0.133. The Bertz CT molecular complexity index is 736. The van der Waals surface area contributed by atoms with Crippen molar-refractivity contribution in [3.63, 3.8) is 0 Å². The molecule has 2 N–H and O–H groups in total. The minimum Gasteiger partial charge on any atom is -0.494 e. The summed E-state index contributed by atoms with van der Waals surface area (Å²) in [5.41, 5.74) is 6.57. The first-order valence-corrected chi connectivity index (χ1v) is 9.33. The topological polar surface area (TPSA) is 97.7 Å². The van der Waals surface area contributed by atoms with Crippen molar-refractivity contribution in [2.75, 3.05) is 39.3 Å². The maximum atomic E-state index is 11.9. The quantitative estimate of drug-likeness (QED) is 0.731. The Morgan fingerprint density at radius 2 is 1.96 bits per heavy atom. The van der Waals surface area contributed by atoms with Crippen LogP contribution in [-0.4, -0.2) is 71.2 Å². The van der Waals surface area contributed by atoms with Crippen molar-refractivity contribution in [1.29, 1.82) is 0 Å². The number of nitrogens with two attached hydrogens (primary N) is 1. The van der Waals surface area contributed by atoms with E-state index in [0.717, 1.165) is 50.5 Å². The van der Waals surface area contributed by atoms with Gasteiger partial charge in [0.1, 0.15) is 5.75 Å². The number of hydrogen-bond acceptors (Lipinski definition) is 7. The van der Waals surface area contributed by atoms with E-state index in [0.29, 0.717) is 18.3 Å². The molecular weight excluding hydrogens is 346 g/mol. The van der Waals surface area contributed by atoms with Crippen LogP contribution in [0.3, 0.4) is 0 Å². The molecule has 1 saturated heterocycles. The van der Waals surface area contributed by atoms with Crippen molar-refractivity contribution in [2.24, 2.45) is 5.73 Å². The fraction of sp³-hybridized carbons (Fsp3) is 0.526. The number of aryl methyl sites for hydroxylation is 1. The van der Waals surface area contributed by atoms with E-state index in [1.807, 2.05) is 29.2 Å². The molecule has 1 aliphatic heterocycles.